The van der Waals surface area contributed by atoms with Crippen molar-refractivity contribution in [3.8, 4) is 0 Å². The third-order valence-electron chi connectivity index (χ3n) is 4.54. The lowest BCUT2D eigenvalue weighted by molar-refractivity contribution is -0.131. The first kappa shape index (κ1) is 28.4. The number of amides is 1. The lowest BCUT2D eigenvalue weighted by Gasteiger charge is -2.37. The minimum absolute atomic E-state index is 0.0139. The van der Waals surface area contributed by atoms with Gasteiger partial charge < -0.3 is 21.5 Å². The van der Waals surface area contributed by atoms with Gasteiger partial charge in [-0.05, 0) is 24.6 Å². The molecule has 0 aliphatic rings. The van der Waals surface area contributed by atoms with Crippen molar-refractivity contribution >= 4 is 23.2 Å². The summed E-state index contributed by atoms with van der Waals surface area (Å²) in [6.07, 6.45) is 0.172. The first-order valence-corrected chi connectivity index (χ1v) is 9.71. The number of hydrogen-bond donors (Lipinski definition) is 4. The summed E-state index contributed by atoms with van der Waals surface area (Å²) in [5.41, 5.74) is 7.53. The Bertz CT molecular complexity index is 928. The van der Waals surface area contributed by atoms with Gasteiger partial charge in [0.2, 0.25) is 0 Å². The zero-order valence-electron chi connectivity index (χ0n) is 17.7. The molecule has 1 amide bonds. The lowest BCUT2D eigenvalue weighted by Crippen LogP contribution is -2.55. The molecular weight excluding hydrogens is 473 g/mol. The number of rotatable bonds is 12. The van der Waals surface area contributed by atoms with Crippen molar-refractivity contribution in [3.05, 3.63) is 65.2 Å². The molecule has 0 unspecified atom stereocenters. The van der Waals surface area contributed by atoms with Crippen LogP contribution in [0.5, 0.6) is 0 Å². The second kappa shape index (κ2) is 11.5. The van der Waals surface area contributed by atoms with E-state index in [-0.39, 0.29) is 23.0 Å². The Kier molecular flexibility index (Phi) is 9.85. The van der Waals surface area contributed by atoms with Crippen molar-refractivity contribution in [1.82, 2.24) is 5.01 Å². The number of anilines is 1. The maximum Gasteiger partial charge on any atom is 0.327 e. The van der Waals surface area contributed by atoms with Crippen LogP contribution < -0.4 is 22.6 Å². The summed E-state index contributed by atoms with van der Waals surface area (Å²) >= 11 is 5.75. The van der Waals surface area contributed by atoms with Gasteiger partial charge in [0.25, 0.3) is 11.8 Å². The van der Waals surface area contributed by atoms with Gasteiger partial charge in [-0.2, -0.15) is 8.78 Å². The largest absolute Gasteiger partial charge is 0.401 e. The Morgan fingerprint density at radius 2 is 1.97 bits per heavy atom. The van der Waals surface area contributed by atoms with Gasteiger partial charge in [-0.1, -0.05) is 31.7 Å². The Balaban J connectivity index is 3.19. The molecule has 33 heavy (non-hydrogen) atoms. The molecule has 7 N–H and O–H groups in total. The highest BCUT2D eigenvalue weighted by Crippen LogP contribution is 2.40. The van der Waals surface area contributed by atoms with Gasteiger partial charge in [0.05, 0.1) is 17.2 Å². The van der Waals surface area contributed by atoms with E-state index in [2.05, 4.69) is 18.5 Å². The van der Waals surface area contributed by atoms with Gasteiger partial charge in [-0.25, -0.2) is 19.0 Å². The minimum atomic E-state index is -3.74. The van der Waals surface area contributed by atoms with Crippen molar-refractivity contribution in [2.45, 2.75) is 31.4 Å². The topological polar surface area (TPSA) is 120 Å². The zero-order valence-corrected chi connectivity index (χ0v) is 18.4. The van der Waals surface area contributed by atoms with E-state index in [9.17, 15) is 26.7 Å². The number of hydrogen-bond acceptors (Lipinski definition) is 6. The predicted octanol–water partition coefficient (Wildman–Crippen LogP) is 3.49. The lowest BCUT2D eigenvalue weighted by atomic mass is 9.81. The van der Waals surface area contributed by atoms with Crippen LogP contribution in [0.3, 0.4) is 0 Å². The quantitative estimate of drug-likeness (QED) is 0.0876. The van der Waals surface area contributed by atoms with Gasteiger partial charge in [0.1, 0.15) is 18.0 Å². The van der Waals surface area contributed by atoms with E-state index < -0.39 is 58.9 Å². The highest BCUT2D eigenvalue weighted by Gasteiger charge is 2.52. The molecule has 1 rings (SSSR count). The van der Waals surface area contributed by atoms with Gasteiger partial charge in [-0.15, -0.1) is 0 Å². The van der Waals surface area contributed by atoms with Crippen molar-refractivity contribution in [2.24, 2.45) is 17.3 Å². The maximum absolute atomic E-state index is 14.9. The molecule has 0 saturated carbocycles. The third-order valence-corrected chi connectivity index (χ3v) is 4.86. The number of hydrazine groups is 1. The van der Waals surface area contributed by atoms with Crippen molar-refractivity contribution in [2.75, 3.05) is 18.5 Å². The SMILES string of the molecule is C=C(N)COCC(F)(F)[C@@](N)(CC)c1cc(NC(=O)C(=C)/C(Cl)=C\N(N)C(F)F)ccc1F. The van der Waals surface area contributed by atoms with E-state index in [1.807, 2.05) is 0 Å². The molecule has 0 aliphatic carbocycles. The van der Waals surface area contributed by atoms with Crippen LogP contribution in [0.25, 0.3) is 0 Å². The van der Waals surface area contributed by atoms with Crippen LogP contribution in [0.2, 0.25) is 0 Å². The molecule has 0 spiro atoms. The molecule has 1 aromatic carbocycles. The Hall–Kier alpha value is -2.67. The van der Waals surface area contributed by atoms with E-state index in [4.69, 9.17) is 33.6 Å². The molecular formula is C20H25ClF5N5O2. The summed E-state index contributed by atoms with van der Waals surface area (Å²) in [6, 6.07) is 2.84. The zero-order chi connectivity index (χ0) is 25.6. The molecule has 0 heterocycles. The fourth-order valence-electron chi connectivity index (χ4n) is 2.61. The number of benzene rings is 1. The van der Waals surface area contributed by atoms with Crippen LogP contribution in [-0.4, -0.2) is 36.6 Å². The number of halogens is 6. The normalized spacial score (nSPS) is 14.1. The molecule has 0 aliphatic heterocycles. The van der Waals surface area contributed by atoms with E-state index in [1.165, 1.54) is 6.92 Å². The number of nitrogens with two attached hydrogens (primary N) is 3. The second-order valence-corrected chi connectivity index (χ2v) is 7.42. The van der Waals surface area contributed by atoms with Crippen molar-refractivity contribution in [3.63, 3.8) is 0 Å². The number of nitrogens with zero attached hydrogens (tertiary/aromatic N) is 1. The average molecular weight is 498 g/mol. The number of alkyl halides is 4. The highest BCUT2D eigenvalue weighted by molar-refractivity contribution is 6.35. The van der Waals surface area contributed by atoms with Crippen molar-refractivity contribution in [1.29, 1.82) is 0 Å². The van der Waals surface area contributed by atoms with Gasteiger partial charge in [0.15, 0.2) is 0 Å². The molecule has 13 heteroatoms. The summed E-state index contributed by atoms with van der Waals surface area (Å²) in [6.45, 7) is 3.41. The third kappa shape index (κ3) is 7.16. The Morgan fingerprint density at radius 1 is 1.36 bits per heavy atom. The molecule has 7 nitrogen and oxygen atoms in total. The summed E-state index contributed by atoms with van der Waals surface area (Å²) in [5.74, 6) is -0.767. The van der Waals surface area contributed by atoms with Gasteiger partial charge >= 0.3 is 6.55 Å². The van der Waals surface area contributed by atoms with Crippen LogP contribution in [0.1, 0.15) is 18.9 Å². The first-order valence-electron chi connectivity index (χ1n) is 9.33. The molecule has 0 aromatic heterocycles. The number of ether oxygens (including phenoxy) is 1. The van der Waals surface area contributed by atoms with E-state index in [1.54, 1.807) is 0 Å². The second-order valence-electron chi connectivity index (χ2n) is 7.01. The summed E-state index contributed by atoms with van der Waals surface area (Å²) < 4.78 is 74.1. The van der Waals surface area contributed by atoms with Crippen LogP contribution in [0.4, 0.5) is 27.6 Å². The highest BCUT2D eigenvalue weighted by atomic mass is 35.5. The van der Waals surface area contributed by atoms with Gasteiger partial charge in [0, 0.05) is 23.1 Å². The molecule has 0 radical (unpaired) electrons. The molecule has 1 aromatic rings. The van der Waals surface area contributed by atoms with Crippen LogP contribution in [-0.2, 0) is 15.1 Å². The van der Waals surface area contributed by atoms with Crippen LogP contribution >= 0.6 is 11.6 Å². The Labute approximate surface area is 192 Å². The number of carbonyl (C=O) groups excluding carboxylic acids is 1. The molecule has 184 valence electrons. The molecule has 0 fully saturated rings. The Morgan fingerprint density at radius 3 is 2.48 bits per heavy atom. The van der Waals surface area contributed by atoms with E-state index in [0.717, 1.165) is 18.2 Å². The maximum atomic E-state index is 14.9. The van der Waals surface area contributed by atoms with Crippen molar-refractivity contribution < 1.29 is 31.5 Å². The monoisotopic (exact) mass is 497 g/mol. The predicted molar refractivity (Wildman–Crippen MR) is 115 cm³/mol. The standard InChI is InChI=1S/C20H25ClF5N5O2/c1-4-19(28,20(25,26)10-33-9-11(2)27)14-7-13(5-6-16(14)22)30-17(32)12(3)15(21)8-31(29)18(23)24/h5-8,18H,2-4,9-10,27-29H2,1H3,(H,30,32)/b15-8+/t19-/m1/s1. The fraction of sp³-hybridized carbons (Fsp3) is 0.350. The summed E-state index contributed by atoms with van der Waals surface area (Å²) in [7, 11) is 0. The average Bonchev–Trinajstić information content (AvgIpc) is 2.72. The summed E-state index contributed by atoms with van der Waals surface area (Å²) in [5, 5.41) is 1.70. The van der Waals surface area contributed by atoms with Crippen LogP contribution in [0.15, 0.2) is 53.9 Å². The van der Waals surface area contributed by atoms with E-state index >= 15 is 0 Å². The van der Waals surface area contributed by atoms with Crippen LogP contribution in [0, 0.1) is 5.82 Å². The smallest absolute Gasteiger partial charge is 0.327 e. The summed E-state index contributed by atoms with van der Waals surface area (Å²) in [4.78, 5) is 12.3. The van der Waals surface area contributed by atoms with Gasteiger partial charge in [-0.3, -0.25) is 9.80 Å². The number of carbonyl (C=O) groups is 1. The first-order chi connectivity index (χ1) is 15.2. The number of nitrogens with one attached hydrogen (secondary N) is 1. The molecule has 0 saturated heterocycles. The molecule has 0 bridgehead atoms. The van der Waals surface area contributed by atoms with E-state index in [0.29, 0.717) is 6.20 Å². The molecule has 1 atom stereocenters. The fourth-order valence-corrected chi connectivity index (χ4v) is 2.81. The minimum Gasteiger partial charge on any atom is -0.401 e.